The minimum absolute atomic E-state index is 0.0640. The van der Waals surface area contributed by atoms with E-state index in [4.69, 9.17) is 14.9 Å². The number of carboxylic acids is 1. The average molecular weight is 439 g/mol. The maximum Gasteiger partial charge on any atom is 0.315 e. The number of rotatable bonds is 6. The minimum atomic E-state index is -4.59. The highest BCUT2D eigenvalue weighted by Crippen LogP contribution is 2.33. The van der Waals surface area contributed by atoms with Crippen LogP contribution < -0.4 is 10.6 Å². The zero-order valence-electron chi connectivity index (χ0n) is 14.6. The van der Waals surface area contributed by atoms with Crippen molar-refractivity contribution in [3.63, 3.8) is 0 Å². The molecule has 0 saturated carbocycles. The molecule has 0 aromatic heterocycles. The monoisotopic (exact) mass is 439 g/mol. The Morgan fingerprint density at radius 1 is 1.21 bits per heavy atom. The van der Waals surface area contributed by atoms with Crippen molar-refractivity contribution in [2.75, 3.05) is 5.75 Å². The van der Waals surface area contributed by atoms with E-state index in [1.165, 1.54) is 0 Å². The summed E-state index contributed by atoms with van der Waals surface area (Å²) < 4.78 is 29.1. The third-order valence-corrected chi connectivity index (χ3v) is 7.10. The lowest BCUT2D eigenvalue weighted by Gasteiger charge is -2.16. The molecule has 0 radical (unpaired) electrons. The molecule has 4 atom stereocenters. The van der Waals surface area contributed by atoms with Crippen molar-refractivity contribution < 1.29 is 42.5 Å². The highest BCUT2D eigenvalue weighted by Gasteiger charge is 2.45. The number of carbonyl (C=O) groups excluding carboxylic acids is 3. The van der Waals surface area contributed by atoms with Gasteiger partial charge in [-0.2, -0.15) is 25.2 Å². The van der Waals surface area contributed by atoms with Gasteiger partial charge >= 0.3 is 12.0 Å². The van der Waals surface area contributed by atoms with Crippen LogP contribution >= 0.6 is 11.8 Å². The molecule has 14 heteroatoms. The van der Waals surface area contributed by atoms with E-state index in [0.29, 0.717) is 5.25 Å². The molecule has 4 amide bonds. The number of unbranched alkanes of at least 4 members (excludes halogenated alkanes) is 1. The van der Waals surface area contributed by atoms with Crippen LogP contribution in [0.2, 0.25) is 0 Å². The predicted molar refractivity (Wildman–Crippen MR) is 95.2 cm³/mol. The summed E-state index contributed by atoms with van der Waals surface area (Å²) in [4.78, 5) is 42.7. The molecule has 28 heavy (non-hydrogen) atoms. The Balaban J connectivity index is 0.000000209. The third-order valence-electron chi connectivity index (χ3n) is 4.51. The van der Waals surface area contributed by atoms with Gasteiger partial charge in [-0.05, 0) is 12.8 Å². The molecule has 0 aliphatic carbocycles. The van der Waals surface area contributed by atoms with Gasteiger partial charge in [0.1, 0.15) is 0 Å². The summed E-state index contributed by atoms with van der Waals surface area (Å²) in [5.74, 6) is -2.12. The van der Waals surface area contributed by atoms with Crippen molar-refractivity contribution in [3.8, 4) is 0 Å². The lowest BCUT2D eigenvalue weighted by atomic mass is 10.0. The van der Waals surface area contributed by atoms with E-state index in [1.807, 2.05) is 11.8 Å². The van der Waals surface area contributed by atoms with Crippen molar-refractivity contribution in [1.82, 2.24) is 15.7 Å². The fourth-order valence-corrected chi connectivity index (χ4v) is 5.34. The Kier molecular flexibility index (Phi) is 7.25. The Bertz CT molecular complexity index is 757. The molecule has 0 bridgehead atoms. The molecule has 3 aliphatic rings. The van der Waals surface area contributed by atoms with E-state index in [-0.39, 0.29) is 29.6 Å². The molecule has 5 N–H and O–H groups in total. The van der Waals surface area contributed by atoms with Crippen LogP contribution in [-0.4, -0.2) is 80.5 Å². The number of carbonyl (C=O) groups is 4. The summed E-state index contributed by atoms with van der Waals surface area (Å²) in [5, 5.41) is 21.2. The molecule has 0 spiro atoms. The minimum Gasteiger partial charge on any atom is -0.481 e. The summed E-state index contributed by atoms with van der Waals surface area (Å²) in [6.07, 6.45) is 2.17. The molecule has 12 nitrogen and oxygen atoms in total. The number of carboxylic acid groups (broad SMARTS) is 1. The van der Waals surface area contributed by atoms with E-state index in [2.05, 4.69) is 10.6 Å². The number of nitrogens with one attached hydrogen (secondary N) is 2. The zero-order chi connectivity index (χ0) is 21.1. The number of hydrogen-bond acceptors (Lipinski definition) is 8. The van der Waals surface area contributed by atoms with Crippen molar-refractivity contribution in [3.05, 3.63) is 0 Å². The van der Waals surface area contributed by atoms with Crippen LogP contribution in [0.1, 0.15) is 32.1 Å². The van der Waals surface area contributed by atoms with Gasteiger partial charge in [-0.15, -0.1) is 0 Å². The number of imide groups is 1. The number of hydrogen-bond donors (Lipinski definition) is 5. The Morgan fingerprint density at radius 3 is 2.39 bits per heavy atom. The Labute approximate surface area is 164 Å². The first-order chi connectivity index (χ1) is 13.0. The molecular weight excluding hydrogens is 418 g/mol. The first kappa shape index (κ1) is 22.4. The largest absolute Gasteiger partial charge is 0.481 e. The molecule has 3 fully saturated rings. The van der Waals surface area contributed by atoms with Crippen molar-refractivity contribution in [2.24, 2.45) is 0 Å². The van der Waals surface area contributed by atoms with Crippen LogP contribution in [0.5, 0.6) is 0 Å². The van der Waals surface area contributed by atoms with Gasteiger partial charge in [0, 0.05) is 17.4 Å². The second-order valence-corrected chi connectivity index (χ2v) is 9.38. The predicted octanol–water partition coefficient (Wildman–Crippen LogP) is -0.812. The maximum absolute atomic E-state index is 11.1. The summed E-state index contributed by atoms with van der Waals surface area (Å²) in [6, 6.07) is 0.440. The molecular formula is C14H21N3O9S2. The van der Waals surface area contributed by atoms with Gasteiger partial charge in [0.05, 0.1) is 18.5 Å². The van der Waals surface area contributed by atoms with Crippen LogP contribution in [-0.2, 0) is 24.5 Å². The topological polar surface area (TPSA) is 190 Å². The number of nitrogens with zero attached hydrogens (tertiary/aromatic N) is 1. The van der Waals surface area contributed by atoms with Crippen LogP contribution in [0.25, 0.3) is 0 Å². The quantitative estimate of drug-likeness (QED) is 0.115. The molecule has 0 aromatic carbocycles. The van der Waals surface area contributed by atoms with E-state index < -0.39 is 39.6 Å². The second-order valence-electron chi connectivity index (χ2n) is 6.51. The molecule has 0 aromatic rings. The van der Waals surface area contributed by atoms with Crippen molar-refractivity contribution in [2.45, 2.75) is 54.7 Å². The Morgan fingerprint density at radius 2 is 1.89 bits per heavy atom. The van der Waals surface area contributed by atoms with Crippen LogP contribution in [0.15, 0.2) is 0 Å². The number of aliphatic carboxylic acids is 1. The number of urea groups is 1. The molecule has 3 saturated heterocycles. The summed E-state index contributed by atoms with van der Waals surface area (Å²) >= 11 is 1.87. The maximum atomic E-state index is 11.1. The van der Waals surface area contributed by atoms with Gasteiger partial charge < -0.3 is 15.7 Å². The normalized spacial score (nSPS) is 29.1. The smallest absolute Gasteiger partial charge is 0.315 e. The fourth-order valence-electron chi connectivity index (χ4n) is 3.09. The van der Waals surface area contributed by atoms with E-state index in [1.54, 1.807) is 0 Å². The van der Waals surface area contributed by atoms with Crippen LogP contribution in [0, 0.1) is 0 Å². The highest BCUT2D eigenvalue weighted by molar-refractivity contribution is 8.00. The molecule has 158 valence electrons. The lowest BCUT2D eigenvalue weighted by Crippen LogP contribution is -2.36. The number of hydroxylamine groups is 2. The van der Waals surface area contributed by atoms with E-state index >= 15 is 0 Å². The lowest BCUT2D eigenvalue weighted by molar-refractivity contribution is -0.171. The fraction of sp³-hybridized carbons (Fsp3) is 0.714. The second kappa shape index (κ2) is 9.07. The van der Waals surface area contributed by atoms with Crippen molar-refractivity contribution >= 4 is 45.7 Å². The number of amides is 4. The van der Waals surface area contributed by atoms with Crippen LogP contribution in [0.4, 0.5) is 4.79 Å². The van der Waals surface area contributed by atoms with Crippen LogP contribution in [0.3, 0.4) is 0 Å². The molecule has 3 rings (SSSR count). The summed E-state index contributed by atoms with van der Waals surface area (Å²) in [7, 11) is -4.59. The molecule has 1 unspecified atom stereocenters. The molecule has 3 aliphatic heterocycles. The van der Waals surface area contributed by atoms with Gasteiger partial charge in [-0.3, -0.25) is 24.1 Å². The average Bonchev–Trinajstić information content (AvgIpc) is 3.21. The zero-order valence-corrected chi connectivity index (χ0v) is 16.2. The first-order valence-electron chi connectivity index (χ1n) is 8.43. The van der Waals surface area contributed by atoms with Crippen molar-refractivity contribution in [1.29, 1.82) is 0 Å². The first-order valence-corrected chi connectivity index (χ1v) is 11.0. The summed E-state index contributed by atoms with van der Waals surface area (Å²) in [6.45, 7) is 0. The van der Waals surface area contributed by atoms with Gasteiger partial charge in [-0.25, -0.2) is 4.79 Å². The standard InChI is InChI=1S/C10H16N2O3S.C4H5NO6S/c13-8(14)4-2-1-3-7-9-6(5-16-7)11-10(15)12-9;6-3-1-2(12(9,10)11)4(7)5(3)8/h6-7,9H,1-5H2,(H,13,14)(H2,11,12,15);2,8H,1H2,(H,9,10,11)/t6-,7-,9-;/m0./s1. The van der Waals surface area contributed by atoms with E-state index in [0.717, 1.165) is 25.0 Å². The van der Waals surface area contributed by atoms with E-state index in [9.17, 15) is 27.6 Å². The van der Waals surface area contributed by atoms with Gasteiger partial charge in [0.2, 0.25) is 0 Å². The molecule has 3 heterocycles. The number of fused-ring (bicyclic) bond motifs is 1. The van der Waals surface area contributed by atoms with Gasteiger partial charge in [-0.1, -0.05) is 6.42 Å². The van der Waals surface area contributed by atoms with Gasteiger partial charge in [0.25, 0.3) is 21.9 Å². The summed E-state index contributed by atoms with van der Waals surface area (Å²) in [5.41, 5.74) is 0. The number of thioether (sulfide) groups is 1. The SMILES string of the molecule is O=C(O)CCCC[C@@H]1SC[C@@H]2NC(=O)N[C@@H]21.O=C1CC(S(=O)(=O)O)C(=O)N1O. The Hall–Kier alpha value is -1.90. The highest BCUT2D eigenvalue weighted by atomic mass is 32.2. The van der Waals surface area contributed by atoms with Gasteiger partial charge in [0.15, 0.2) is 5.25 Å². The third kappa shape index (κ3) is 5.56.